The first-order valence-corrected chi connectivity index (χ1v) is 12.1. The summed E-state index contributed by atoms with van der Waals surface area (Å²) >= 11 is 7.28. The van der Waals surface area contributed by atoms with Crippen LogP contribution in [0.2, 0.25) is 5.02 Å². The van der Waals surface area contributed by atoms with E-state index < -0.39 is 5.25 Å². The molecule has 7 heteroatoms. The minimum Gasteiger partial charge on any atom is -0.326 e. The van der Waals surface area contributed by atoms with Crippen LogP contribution in [-0.2, 0) is 16.0 Å². The molecule has 0 bridgehead atoms. The van der Waals surface area contributed by atoms with Gasteiger partial charge in [-0.05, 0) is 71.8 Å². The van der Waals surface area contributed by atoms with Crippen LogP contribution in [0, 0.1) is 5.82 Å². The predicted molar refractivity (Wildman–Crippen MR) is 140 cm³/mol. The molecule has 35 heavy (non-hydrogen) atoms. The van der Waals surface area contributed by atoms with E-state index in [1.54, 1.807) is 12.1 Å². The maximum Gasteiger partial charge on any atom is 0.242 e. The normalized spacial score (nSPS) is 11.5. The molecule has 2 amide bonds. The van der Waals surface area contributed by atoms with Crippen molar-refractivity contribution in [2.45, 2.75) is 16.6 Å². The second-order valence-corrected chi connectivity index (χ2v) is 9.40. The Kier molecular flexibility index (Phi) is 8.19. The van der Waals surface area contributed by atoms with Crippen LogP contribution in [0.4, 0.5) is 15.8 Å². The second kappa shape index (κ2) is 11.7. The Morgan fingerprint density at radius 3 is 2.03 bits per heavy atom. The van der Waals surface area contributed by atoms with Gasteiger partial charge in [-0.25, -0.2) is 4.39 Å². The van der Waals surface area contributed by atoms with E-state index in [0.29, 0.717) is 16.4 Å². The van der Waals surface area contributed by atoms with Crippen molar-refractivity contribution in [1.82, 2.24) is 0 Å². The summed E-state index contributed by atoms with van der Waals surface area (Å²) in [6.07, 6.45) is 0.243. The zero-order valence-corrected chi connectivity index (χ0v) is 20.2. The van der Waals surface area contributed by atoms with Crippen LogP contribution >= 0.6 is 23.4 Å². The molecule has 4 rings (SSSR count). The fraction of sp³-hybridized carbons (Fsp3) is 0.0714. The van der Waals surface area contributed by atoms with Gasteiger partial charge >= 0.3 is 0 Å². The van der Waals surface area contributed by atoms with Gasteiger partial charge in [0.05, 0.1) is 6.42 Å². The molecule has 176 valence electrons. The van der Waals surface area contributed by atoms with Gasteiger partial charge in [0.1, 0.15) is 11.1 Å². The van der Waals surface area contributed by atoms with E-state index in [0.717, 1.165) is 16.0 Å². The van der Waals surface area contributed by atoms with Crippen molar-refractivity contribution in [3.05, 3.63) is 125 Å². The molecule has 4 nitrogen and oxygen atoms in total. The third-order valence-electron chi connectivity index (χ3n) is 5.12. The van der Waals surface area contributed by atoms with Gasteiger partial charge in [-0.1, -0.05) is 54.1 Å². The lowest BCUT2D eigenvalue weighted by atomic mass is 10.1. The second-order valence-electron chi connectivity index (χ2n) is 7.78. The Balaban J connectivity index is 1.43. The first-order valence-electron chi connectivity index (χ1n) is 10.9. The highest BCUT2D eigenvalue weighted by Gasteiger charge is 2.22. The first-order chi connectivity index (χ1) is 17.0. The molecule has 4 aromatic carbocycles. The maximum atomic E-state index is 13.2. The molecule has 0 fully saturated rings. The average Bonchev–Trinajstić information content (AvgIpc) is 2.87. The fourth-order valence-corrected chi connectivity index (χ4v) is 4.54. The van der Waals surface area contributed by atoms with Crippen LogP contribution in [-0.4, -0.2) is 11.8 Å². The molecule has 0 aliphatic rings. The molecule has 0 saturated heterocycles. The number of hydrogen-bond donors (Lipinski definition) is 2. The number of benzene rings is 4. The van der Waals surface area contributed by atoms with E-state index in [1.165, 1.54) is 36.0 Å². The van der Waals surface area contributed by atoms with Gasteiger partial charge in [0, 0.05) is 21.3 Å². The number of halogens is 2. The van der Waals surface area contributed by atoms with Gasteiger partial charge in [0.2, 0.25) is 11.8 Å². The predicted octanol–water partition coefficient (Wildman–Crippen LogP) is 7.13. The number of amides is 2. The van der Waals surface area contributed by atoms with Crippen molar-refractivity contribution in [2.24, 2.45) is 0 Å². The van der Waals surface area contributed by atoms with Gasteiger partial charge in [0.25, 0.3) is 0 Å². The third kappa shape index (κ3) is 7.18. The van der Waals surface area contributed by atoms with E-state index in [4.69, 9.17) is 11.6 Å². The highest BCUT2D eigenvalue weighted by Crippen LogP contribution is 2.36. The van der Waals surface area contributed by atoms with E-state index in [1.807, 2.05) is 66.7 Å². The van der Waals surface area contributed by atoms with Crippen molar-refractivity contribution in [1.29, 1.82) is 0 Å². The number of hydrogen-bond acceptors (Lipinski definition) is 3. The largest absolute Gasteiger partial charge is 0.326 e. The van der Waals surface area contributed by atoms with E-state index in [2.05, 4.69) is 10.6 Å². The fourth-order valence-electron chi connectivity index (χ4n) is 3.39. The number of carbonyl (C=O) groups is 2. The summed E-state index contributed by atoms with van der Waals surface area (Å²) in [5, 5.41) is 5.85. The quantitative estimate of drug-likeness (QED) is 0.251. The summed E-state index contributed by atoms with van der Waals surface area (Å²) < 4.78 is 13.2. The van der Waals surface area contributed by atoms with Crippen LogP contribution in [0.5, 0.6) is 0 Å². The Bertz CT molecular complexity index is 1280. The van der Waals surface area contributed by atoms with Gasteiger partial charge in [-0.3, -0.25) is 9.59 Å². The Labute approximate surface area is 212 Å². The van der Waals surface area contributed by atoms with Crippen LogP contribution in [0.15, 0.2) is 108 Å². The Hall–Kier alpha value is -3.61. The summed E-state index contributed by atoms with van der Waals surface area (Å²) in [5.74, 6) is -0.709. The maximum absolute atomic E-state index is 13.2. The average molecular weight is 505 g/mol. The minimum atomic E-state index is -0.522. The highest BCUT2D eigenvalue weighted by molar-refractivity contribution is 8.00. The molecule has 0 saturated carbocycles. The molecular formula is C28H22ClFN2O2S. The molecule has 4 aromatic rings. The number of nitrogens with one attached hydrogen (secondary N) is 2. The van der Waals surface area contributed by atoms with Crippen molar-refractivity contribution in [3.63, 3.8) is 0 Å². The monoisotopic (exact) mass is 504 g/mol. The number of rotatable bonds is 8. The zero-order chi connectivity index (χ0) is 24.6. The van der Waals surface area contributed by atoms with Gasteiger partial charge < -0.3 is 10.6 Å². The molecule has 0 radical (unpaired) electrons. The van der Waals surface area contributed by atoms with Crippen molar-refractivity contribution >= 4 is 46.6 Å². The number of anilines is 2. The molecule has 1 atom stereocenters. The molecule has 0 aliphatic heterocycles. The Morgan fingerprint density at radius 2 is 1.37 bits per heavy atom. The summed E-state index contributed by atoms with van der Waals surface area (Å²) in [7, 11) is 0. The van der Waals surface area contributed by atoms with Crippen LogP contribution < -0.4 is 10.6 Å². The molecular weight excluding hydrogens is 483 g/mol. The number of carbonyl (C=O) groups excluding carboxylic acids is 2. The highest BCUT2D eigenvalue weighted by atomic mass is 35.5. The van der Waals surface area contributed by atoms with E-state index in [-0.39, 0.29) is 24.1 Å². The molecule has 0 aliphatic carbocycles. The lowest BCUT2D eigenvalue weighted by molar-refractivity contribution is -0.116. The standard InChI is InChI=1S/C28H22ClFN2O2S/c29-21-8-6-19(7-9-21)18-26(33)31-23-14-16-25(17-15-23)35-27(20-4-2-1-3-5-20)28(34)32-24-12-10-22(30)11-13-24/h1-17,27H,18H2,(H,31,33)(H,32,34). The van der Waals surface area contributed by atoms with E-state index in [9.17, 15) is 14.0 Å². The van der Waals surface area contributed by atoms with Gasteiger partial charge in [-0.2, -0.15) is 0 Å². The molecule has 0 heterocycles. The lowest BCUT2D eigenvalue weighted by Gasteiger charge is -2.17. The molecule has 2 N–H and O–H groups in total. The smallest absolute Gasteiger partial charge is 0.242 e. The topological polar surface area (TPSA) is 58.2 Å². The minimum absolute atomic E-state index is 0.131. The molecule has 0 spiro atoms. The zero-order valence-electron chi connectivity index (χ0n) is 18.6. The van der Waals surface area contributed by atoms with Crippen molar-refractivity contribution < 1.29 is 14.0 Å². The van der Waals surface area contributed by atoms with Crippen LogP contribution in [0.25, 0.3) is 0 Å². The SMILES string of the molecule is O=C(Cc1ccc(Cl)cc1)Nc1ccc(SC(C(=O)Nc2ccc(F)cc2)c2ccccc2)cc1. The first kappa shape index (κ1) is 24.5. The number of thioether (sulfide) groups is 1. The third-order valence-corrected chi connectivity index (χ3v) is 6.64. The molecule has 0 aromatic heterocycles. The lowest BCUT2D eigenvalue weighted by Crippen LogP contribution is -2.19. The summed E-state index contributed by atoms with van der Waals surface area (Å²) in [6, 6.07) is 29.6. The van der Waals surface area contributed by atoms with Gasteiger partial charge in [-0.15, -0.1) is 11.8 Å². The van der Waals surface area contributed by atoms with Crippen molar-refractivity contribution in [2.75, 3.05) is 10.6 Å². The Morgan fingerprint density at radius 1 is 0.771 bits per heavy atom. The summed E-state index contributed by atoms with van der Waals surface area (Å²) in [6.45, 7) is 0. The van der Waals surface area contributed by atoms with Crippen LogP contribution in [0.3, 0.4) is 0 Å². The van der Waals surface area contributed by atoms with Crippen LogP contribution in [0.1, 0.15) is 16.4 Å². The molecule has 1 unspecified atom stereocenters. The van der Waals surface area contributed by atoms with Crippen molar-refractivity contribution in [3.8, 4) is 0 Å². The van der Waals surface area contributed by atoms with E-state index >= 15 is 0 Å². The van der Waals surface area contributed by atoms with Gasteiger partial charge in [0.15, 0.2) is 0 Å². The summed E-state index contributed by atoms with van der Waals surface area (Å²) in [5.41, 5.74) is 2.91. The summed E-state index contributed by atoms with van der Waals surface area (Å²) in [4.78, 5) is 26.4.